The Morgan fingerprint density at radius 3 is 2.65 bits per heavy atom. The maximum absolute atomic E-state index is 13.6. The van der Waals surface area contributed by atoms with Gasteiger partial charge >= 0.3 is 0 Å². The molecule has 2 aromatic rings. The number of aliphatic hydroxyl groups excluding tert-OH is 1. The lowest BCUT2D eigenvalue weighted by Crippen LogP contribution is -2.07. The van der Waals surface area contributed by atoms with Crippen molar-refractivity contribution >= 4 is 0 Å². The number of aliphatic hydroxyl groups is 1. The maximum Gasteiger partial charge on any atom is 0.165 e. The summed E-state index contributed by atoms with van der Waals surface area (Å²) in [5.41, 5.74) is 2.83. The molecule has 0 aliphatic carbocycles. The summed E-state index contributed by atoms with van der Waals surface area (Å²) in [6, 6.07) is 6.47. The lowest BCUT2D eigenvalue weighted by Gasteiger charge is -2.14. The monoisotopic (exact) mass is 276 g/mol. The Morgan fingerprint density at radius 1 is 1.25 bits per heavy atom. The highest BCUT2D eigenvalue weighted by Crippen LogP contribution is 2.24. The highest BCUT2D eigenvalue weighted by Gasteiger charge is 2.14. The highest BCUT2D eigenvalue weighted by atomic mass is 19.1. The second-order valence-electron chi connectivity index (χ2n) is 4.72. The van der Waals surface area contributed by atoms with E-state index in [-0.39, 0.29) is 5.75 Å². The Balaban J connectivity index is 2.21. The second kappa shape index (κ2) is 5.96. The molecule has 106 valence electrons. The molecule has 0 fully saturated rings. The second-order valence-corrected chi connectivity index (χ2v) is 4.72. The van der Waals surface area contributed by atoms with Crippen molar-refractivity contribution in [3.05, 3.63) is 52.6 Å². The molecule has 1 N–H and O–H groups in total. The van der Waals surface area contributed by atoms with Crippen molar-refractivity contribution in [1.29, 1.82) is 0 Å². The lowest BCUT2D eigenvalue weighted by atomic mass is 10.00. The average molecular weight is 276 g/mol. The number of nitrogens with zero attached hydrogens (tertiary/aromatic N) is 2. The van der Waals surface area contributed by atoms with Crippen LogP contribution in [0.3, 0.4) is 0 Å². The Kier molecular flexibility index (Phi) is 4.29. The fourth-order valence-corrected chi connectivity index (χ4v) is 2.08. The van der Waals surface area contributed by atoms with E-state index in [4.69, 9.17) is 4.74 Å². The van der Waals surface area contributed by atoms with E-state index >= 15 is 0 Å². The fourth-order valence-electron chi connectivity index (χ4n) is 2.08. The van der Waals surface area contributed by atoms with Crippen LogP contribution in [0.4, 0.5) is 4.39 Å². The van der Waals surface area contributed by atoms with Crippen molar-refractivity contribution in [2.75, 3.05) is 7.11 Å². The fraction of sp³-hybridized carbons (Fsp3) is 0.333. The molecule has 4 nitrogen and oxygen atoms in total. The molecule has 0 aliphatic rings. The molecule has 0 amide bonds. The van der Waals surface area contributed by atoms with E-state index in [2.05, 4.69) is 10.2 Å². The van der Waals surface area contributed by atoms with Crippen molar-refractivity contribution in [2.24, 2.45) is 0 Å². The minimum Gasteiger partial charge on any atom is -0.494 e. The van der Waals surface area contributed by atoms with Crippen LogP contribution in [-0.4, -0.2) is 22.4 Å². The molecule has 0 saturated heterocycles. The van der Waals surface area contributed by atoms with Gasteiger partial charge in [-0.3, -0.25) is 0 Å². The van der Waals surface area contributed by atoms with Crippen LogP contribution in [0.25, 0.3) is 0 Å². The first-order valence-electron chi connectivity index (χ1n) is 6.32. The van der Waals surface area contributed by atoms with Crippen molar-refractivity contribution in [2.45, 2.75) is 26.4 Å². The largest absolute Gasteiger partial charge is 0.494 e. The number of halogens is 1. The van der Waals surface area contributed by atoms with Crippen LogP contribution in [-0.2, 0) is 6.42 Å². The van der Waals surface area contributed by atoms with E-state index < -0.39 is 11.9 Å². The molecule has 0 bridgehead atoms. The van der Waals surface area contributed by atoms with Crippen LogP contribution in [0, 0.1) is 19.7 Å². The first-order chi connectivity index (χ1) is 9.51. The number of hydrogen-bond acceptors (Lipinski definition) is 4. The molecule has 20 heavy (non-hydrogen) atoms. The molecule has 0 radical (unpaired) electrons. The Hall–Kier alpha value is -2.01. The zero-order valence-corrected chi connectivity index (χ0v) is 11.7. The van der Waals surface area contributed by atoms with Gasteiger partial charge < -0.3 is 9.84 Å². The summed E-state index contributed by atoms with van der Waals surface area (Å²) in [6.07, 6.45) is -0.427. The van der Waals surface area contributed by atoms with Crippen LogP contribution in [0.2, 0.25) is 0 Å². The molecular weight excluding hydrogens is 259 g/mol. The summed E-state index contributed by atoms with van der Waals surface area (Å²) >= 11 is 0. The van der Waals surface area contributed by atoms with Gasteiger partial charge in [0.2, 0.25) is 0 Å². The Morgan fingerprint density at radius 2 is 2.00 bits per heavy atom. The molecule has 0 saturated carbocycles. The summed E-state index contributed by atoms with van der Waals surface area (Å²) in [5.74, 6) is -0.237. The van der Waals surface area contributed by atoms with Crippen molar-refractivity contribution < 1.29 is 14.2 Å². The number of hydrogen-bond donors (Lipinski definition) is 1. The van der Waals surface area contributed by atoms with Gasteiger partial charge in [0.15, 0.2) is 11.6 Å². The van der Waals surface area contributed by atoms with Crippen LogP contribution >= 0.6 is 0 Å². The van der Waals surface area contributed by atoms with E-state index in [0.29, 0.717) is 23.2 Å². The van der Waals surface area contributed by atoms with Crippen LogP contribution < -0.4 is 4.74 Å². The van der Waals surface area contributed by atoms with Crippen LogP contribution in [0.1, 0.15) is 28.6 Å². The predicted octanol–water partition coefficient (Wildman–Crippen LogP) is 2.52. The number of benzene rings is 1. The third-order valence-corrected chi connectivity index (χ3v) is 3.14. The SMILES string of the molecule is COc1ccc(CC(O)c2cc(C)nnc2C)cc1F. The van der Waals surface area contributed by atoms with Crippen molar-refractivity contribution in [1.82, 2.24) is 10.2 Å². The summed E-state index contributed by atoms with van der Waals surface area (Å²) in [4.78, 5) is 0. The van der Waals surface area contributed by atoms with Gasteiger partial charge in [0.1, 0.15) is 0 Å². The number of aryl methyl sites for hydroxylation is 2. The van der Waals surface area contributed by atoms with E-state index in [1.54, 1.807) is 25.1 Å². The van der Waals surface area contributed by atoms with Gasteiger partial charge in [0.05, 0.1) is 24.6 Å². The summed E-state index contributed by atoms with van der Waals surface area (Å²) in [5, 5.41) is 18.2. The average Bonchev–Trinajstić information content (AvgIpc) is 2.41. The first-order valence-corrected chi connectivity index (χ1v) is 6.32. The Bertz CT molecular complexity index is 617. The standard InChI is InChI=1S/C15H17FN2O2/c1-9-6-12(10(2)18-17-9)14(19)8-11-4-5-15(20-3)13(16)7-11/h4-7,14,19H,8H2,1-3H3. The summed E-state index contributed by atoms with van der Waals surface area (Å²) < 4.78 is 18.5. The maximum atomic E-state index is 13.6. The van der Waals surface area contributed by atoms with E-state index in [1.165, 1.54) is 13.2 Å². The van der Waals surface area contributed by atoms with Gasteiger partial charge in [-0.2, -0.15) is 10.2 Å². The summed E-state index contributed by atoms with van der Waals surface area (Å²) in [6.45, 7) is 3.61. The van der Waals surface area contributed by atoms with E-state index in [1.807, 2.05) is 6.92 Å². The van der Waals surface area contributed by atoms with Gasteiger partial charge in [-0.1, -0.05) is 6.07 Å². The van der Waals surface area contributed by atoms with Gasteiger partial charge in [0.25, 0.3) is 0 Å². The normalized spacial score (nSPS) is 12.2. The molecule has 1 unspecified atom stereocenters. The minimum atomic E-state index is -0.739. The predicted molar refractivity (Wildman–Crippen MR) is 73.1 cm³/mol. The van der Waals surface area contributed by atoms with Crippen LogP contribution in [0.5, 0.6) is 5.75 Å². The zero-order chi connectivity index (χ0) is 14.7. The molecule has 1 aromatic heterocycles. The van der Waals surface area contributed by atoms with Gasteiger partial charge in [-0.05, 0) is 37.6 Å². The summed E-state index contributed by atoms with van der Waals surface area (Å²) in [7, 11) is 1.42. The topological polar surface area (TPSA) is 55.2 Å². The molecule has 1 atom stereocenters. The lowest BCUT2D eigenvalue weighted by molar-refractivity contribution is 0.176. The number of aromatic nitrogens is 2. The zero-order valence-electron chi connectivity index (χ0n) is 11.7. The molecule has 0 aliphatic heterocycles. The third kappa shape index (κ3) is 3.11. The van der Waals surface area contributed by atoms with Crippen LogP contribution in [0.15, 0.2) is 24.3 Å². The third-order valence-electron chi connectivity index (χ3n) is 3.14. The quantitative estimate of drug-likeness (QED) is 0.932. The molecule has 1 heterocycles. The molecule has 1 aromatic carbocycles. The number of ether oxygens (including phenoxy) is 1. The minimum absolute atomic E-state index is 0.195. The number of rotatable bonds is 4. The molecule has 0 spiro atoms. The first kappa shape index (κ1) is 14.4. The van der Waals surface area contributed by atoms with Gasteiger partial charge in [-0.25, -0.2) is 4.39 Å². The van der Waals surface area contributed by atoms with E-state index in [9.17, 15) is 9.50 Å². The highest BCUT2D eigenvalue weighted by molar-refractivity contribution is 5.31. The number of methoxy groups -OCH3 is 1. The van der Waals surface area contributed by atoms with Gasteiger partial charge in [-0.15, -0.1) is 0 Å². The van der Waals surface area contributed by atoms with E-state index in [0.717, 1.165) is 5.69 Å². The molecule has 5 heteroatoms. The smallest absolute Gasteiger partial charge is 0.165 e. The van der Waals surface area contributed by atoms with Crippen molar-refractivity contribution in [3.63, 3.8) is 0 Å². The molecular formula is C15H17FN2O2. The Labute approximate surface area is 117 Å². The van der Waals surface area contributed by atoms with Crippen molar-refractivity contribution in [3.8, 4) is 5.75 Å². The molecule has 2 rings (SSSR count). The van der Waals surface area contributed by atoms with Gasteiger partial charge in [0, 0.05) is 12.0 Å².